The van der Waals surface area contributed by atoms with Gasteiger partial charge in [0.15, 0.2) is 0 Å². The number of para-hydroxylation sites is 1. The summed E-state index contributed by atoms with van der Waals surface area (Å²) in [5, 5.41) is 21.5. The zero-order chi connectivity index (χ0) is 28.6. The molecule has 0 fully saturated rings. The highest BCUT2D eigenvalue weighted by Gasteiger charge is 2.14. The molecule has 0 saturated carbocycles. The number of Topliss-reactive ketones (excluding diaryl/α,β-unsaturated/α-hetero) is 1. The van der Waals surface area contributed by atoms with Crippen molar-refractivity contribution >= 4 is 16.7 Å². The molecule has 0 amide bonds. The van der Waals surface area contributed by atoms with E-state index in [1.807, 2.05) is 66.7 Å². The first-order valence-corrected chi connectivity index (χ1v) is 13.9. The molecule has 41 heavy (non-hydrogen) atoms. The molecule has 6 heteroatoms. The molecule has 5 rings (SSSR count). The van der Waals surface area contributed by atoms with Gasteiger partial charge in [-0.25, -0.2) is 0 Å². The molecule has 1 aromatic heterocycles. The van der Waals surface area contributed by atoms with Crippen molar-refractivity contribution in [3.63, 3.8) is 0 Å². The number of hydrogen-bond acceptors (Lipinski definition) is 5. The van der Waals surface area contributed by atoms with Crippen LogP contribution < -0.4 is 10.3 Å². The van der Waals surface area contributed by atoms with Gasteiger partial charge in [-0.15, -0.1) is 0 Å². The van der Waals surface area contributed by atoms with Gasteiger partial charge in [0, 0.05) is 24.3 Å². The van der Waals surface area contributed by atoms with E-state index in [0.717, 1.165) is 41.7 Å². The van der Waals surface area contributed by atoms with Crippen LogP contribution in [0.1, 0.15) is 47.6 Å². The predicted octanol–water partition coefficient (Wildman–Crippen LogP) is 6.83. The van der Waals surface area contributed by atoms with Crippen LogP contribution in [0.3, 0.4) is 0 Å². The Hall–Kier alpha value is -4.68. The van der Waals surface area contributed by atoms with Crippen molar-refractivity contribution in [1.82, 2.24) is 4.98 Å². The van der Waals surface area contributed by atoms with Crippen molar-refractivity contribution in [1.29, 1.82) is 0 Å². The fourth-order valence-corrected chi connectivity index (χ4v) is 5.13. The number of phenols is 1. The molecule has 6 nitrogen and oxygen atoms in total. The zero-order valence-corrected chi connectivity index (χ0v) is 22.8. The van der Waals surface area contributed by atoms with Crippen LogP contribution in [0, 0.1) is 0 Å². The molecule has 3 N–H and O–H groups in total. The van der Waals surface area contributed by atoms with Crippen LogP contribution in [0.2, 0.25) is 0 Å². The van der Waals surface area contributed by atoms with Gasteiger partial charge in [0.2, 0.25) is 5.56 Å². The third kappa shape index (κ3) is 7.50. The number of nitrogens with one attached hydrogen (secondary N) is 1. The smallest absolute Gasteiger partial charge is 0.248 e. The quantitative estimate of drug-likeness (QED) is 0.149. The number of aromatic amines is 1. The number of aromatic hydroxyl groups is 1. The fourth-order valence-electron chi connectivity index (χ4n) is 5.13. The van der Waals surface area contributed by atoms with Crippen LogP contribution in [0.5, 0.6) is 17.2 Å². The minimum absolute atomic E-state index is 0.0161. The zero-order valence-electron chi connectivity index (χ0n) is 22.8. The number of hydrogen-bond donors (Lipinski definition) is 3. The van der Waals surface area contributed by atoms with E-state index in [4.69, 9.17) is 4.74 Å². The Morgan fingerprint density at radius 3 is 2.27 bits per heavy atom. The molecule has 5 aromatic rings. The molecular formula is C35H33NO5. The number of aliphatic hydroxyl groups excluding tert-OH is 1. The number of H-pyrrole nitrogens is 1. The molecular weight excluding hydrogens is 514 g/mol. The minimum atomic E-state index is -0.704. The monoisotopic (exact) mass is 547 g/mol. The normalized spacial score (nSPS) is 11.8. The lowest BCUT2D eigenvalue weighted by atomic mass is 9.96. The van der Waals surface area contributed by atoms with Gasteiger partial charge in [-0.2, -0.15) is 0 Å². The van der Waals surface area contributed by atoms with E-state index in [9.17, 15) is 19.8 Å². The Kier molecular flexibility index (Phi) is 8.92. The van der Waals surface area contributed by atoms with Gasteiger partial charge in [-0.3, -0.25) is 9.59 Å². The SMILES string of the molecule is O=C(Cc1cccc(CCCCC(O)c2ccc(O)c3[nH]c(=O)ccc23)c1)Cc1cccc(Oc2ccccc2)c1. The molecule has 0 aliphatic carbocycles. The van der Waals surface area contributed by atoms with Crippen molar-refractivity contribution in [2.45, 2.75) is 44.6 Å². The Morgan fingerprint density at radius 1 is 0.756 bits per heavy atom. The molecule has 1 atom stereocenters. The second-order valence-electron chi connectivity index (χ2n) is 10.3. The number of unbranched alkanes of at least 4 members (excludes halogenated alkanes) is 1. The third-order valence-corrected chi connectivity index (χ3v) is 7.13. The number of rotatable bonds is 12. The lowest BCUT2D eigenvalue weighted by molar-refractivity contribution is -0.117. The maximum Gasteiger partial charge on any atom is 0.248 e. The number of aryl methyl sites for hydroxylation is 1. The number of ketones is 1. The van der Waals surface area contributed by atoms with Crippen LogP contribution >= 0.6 is 0 Å². The minimum Gasteiger partial charge on any atom is -0.506 e. The summed E-state index contributed by atoms with van der Waals surface area (Å²) in [7, 11) is 0. The summed E-state index contributed by atoms with van der Waals surface area (Å²) in [6.07, 6.45) is 3.10. The number of phenolic OH excluding ortho intramolecular Hbond substituents is 1. The number of aliphatic hydroxyl groups is 1. The molecule has 0 bridgehead atoms. The van der Waals surface area contributed by atoms with E-state index < -0.39 is 6.10 Å². The largest absolute Gasteiger partial charge is 0.506 e. The van der Waals surface area contributed by atoms with Gasteiger partial charge in [-0.1, -0.05) is 67.1 Å². The first-order chi connectivity index (χ1) is 19.9. The van der Waals surface area contributed by atoms with Gasteiger partial charge in [0.25, 0.3) is 0 Å². The molecule has 1 heterocycles. The summed E-state index contributed by atoms with van der Waals surface area (Å²) in [4.78, 5) is 27.1. The number of benzene rings is 4. The Labute approximate surface area is 238 Å². The van der Waals surface area contributed by atoms with Crippen LogP contribution in [0.15, 0.2) is 108 Å². The van der Waals surface area contributed by atoms with Gasteiger partial charge in [0.05, 0.1) is 11.6 Å². The maximum atomic E-state index is 12.9. The number of carbonyl (C=O) groups is 1. The van der Waals surface area contributed by atoms with Crippen molar-refractivity contribution in [2.75, 3.05) is 0 Å². The van der Waals surface area contributed by atoms with Crippen molar-refractivity contribution in [3.8, 4) is 17.2 Å². The predicted molar refractivity (Wildman–Crippen MR) is 161 cm³/mol. The summed E-state index contributed by atoms with van der Waals surface area (Å²) >= 11 is 0. The Bertz CT molecular complexity index is 1690. The second kappa shape index (κ2) is 13.1. The lowest BCUT2D eigenvalue weighted by Crippen LogP contribution is -2.07. The summed E-state index contributed by atoms with van der Waals surface area (Å²) in [5.41, 5.74) is 3.81. The van der Waals surface area contributed by atoms with Gasteiger partial charge < -0.3 is 19.9 Å². The van der Waals surface area contributed by atoms with E-state index in [1.165, 1.54) is 12.1 Å². The molecule has 208 valence electrons. The van der Waals surface area contributed by atoms with Crippen molar-refractivity contribution in [3.05, 3.63) is 136 Å². The van der Waals surface area contributed by atoms with E-state index in [1.54, 1.807) is 12.1 Å². The van der Waals surface area contributed by atoms with Crippen LogP contribution in [0.4, 0.5) is 0 Å². The Balaban J connectivity index is 1.11. The van der Waals surface area contributed by atoms with Gasteiger partial charge >= 0.3 is 0 Å². The molecule has 0 spiro atoms. The molecule has 0 saturated heterocycles. The van der Waals surface area contributed by atoms with Crippen LogP contribution in [0.25, 0.3) is 10.9 Å². The van der Waals surface area contributed by atoms with E-state index in [0.29, 0.717) is 41.5 Å². The molecule has 0 aliphatic rings. The van der Waals surface area contributed by atoms with Crippen LogP contribution in [-0.4, -0.2) is 21.0 Å². The highest BCUT2D eigenvalue weighted by molar-refractivity contribution is 5.87. The second-order valence-corrected chi connectivity index (χ2v) is 10.3. The number of ether oxygens (including phenoxy) is 1. The topological polar surface area (TPSA) is 99.6 Å². The average molecular weight is 548 g/mol. The first-order valence-electron chi connectivity index (χ1n) is 13.9. The van der Waals surface area contributed by atoms with E-state index in [-0.39, 0.29) is 17.1 Å². The molecule has 4 aromatic carbocycles. The van der Waals surface area contributed by atoms with Gasteiger partial charge in [-0.05, 0) is 77.9 Å². The van der Waals surface area contributed by atoms with Crippen molar-refractivity contribution in [2.24, 2.45) is 0 Å². The molecule has 0 aliphatic heterocycles. The first kappa shape index (κ1) is 27.9. The van der Waals surface area contributed by atoms with E-state index in [2.05, 4.69) is 17.1 Å². The molecule has 1 unspecified atom stereocenters. The fraction of sp³-hybridized carbons (Fsp3) is 0.200. The van der Waals surface area contributed by atoms with Crippen molar-refractivity contribution < 1.29 is 19.7 Å². The number of fused-ring (bicyclic) bond motifs is 1. The summed E-state index contributed by atoms with van der Waals surface area (Å²) in [6, 6.07) is 31.6. The maximum absolute atomic E-state index is 12.9. The average Bonchev–Trinajstić information content (AvgIpc) is 2.96. The Morgan fingerprint density at radius 2 is 1.46 bits per heavy atom. The summed E-state index contributed by atoms with van der Waals surface area (Å²) in [6.45, 7) is 0. The number of pyridine rings is 1. The van der Waals surface area contributed by atoms with Gasteiger partial charge in [0.1, 0.15) is 23.0 Å². The number of carbonyl (C=O) groups excluding carboxylic acids is 1. The summed E-state index contributed by atoms with van der Waals surface area (Å²) in [5.74, 6) is 1.60. The lowest BCUT2D eigenvalue weighted by Gasteiger charge is -2.14. The number of aromatic nitrogens is 1. The highest BCUT2D eigenvalue weighted by Crippen LogP contribution is 2.31. The van der Waals surface area contributed by atoms with Crippen LogP contribution in [-0.2, 0) is 24.1 Å². The third-order valence-electron chi connectivity index (χ3n) is 7.13. The highest BCUT2D eigenvalue weighted by atomic mass is 16.5. The molecule has 0 radical (unpaired) electrons. The van der Waals surface area contributed by atoms with E-state index >= 15 is 0 Å². The summed E-state index contributed by atoms with van der Waals surface area (Å²) < 4.78 is 5.90. The standard InChI is InChI=1S/C35H33NO5/c37-27(22-26-11-7-14-29(23-26)41-28-12-2-1-3-13-28)21-25-10-6-9-24(20-25)8-4-5-15-32(38)30-16-18-33(39)35-31(30)17-19-34(40)36-35/h1-3,6-7,9-14,16-20,23,32,38-39H,4-5,8,15,21-22H2,(H,36,40).